The van der Waals surface area contributed by atoms with Crippen LogP contribution in [-0.4, -0.2) is 28.5 Å². The average molecular weight is 554 g/mol. The first-order valence-electron chi connectivity index (χ1n) is 11.7. The summed E-state index contributed by atoms with van der Waals surface area (Å²) in [5.74, 6) is -0.280. The molecule has 0 bridgehead atoms. The fourth-order valence-corrected chi connectivity index (χ4v) is 6.05. The smallest absolute Gasteiger partial charge is 0.256 e. The predicted octanol–water partition coefficient (Wildman–Crippen LogP) is 6.91. The summed E-state index contributed by atoms with van der Waals surface area (Å²) in [5, 5.41) is 1.45. The van der Waals surface area contributed by atoms with Gasteiger partial charge >= 0.3 is 0 Å². The van der Waals surface area contributed by atoms with Gasteiger partial charge < -0.3 is 14.2 Å². The maximum absolute atomic E-state index is 13.8. The van der Waals surface area contributed by atoms with E-state index in [1.807, 2.05) is 33.9 Å². The van der Waals surface area contributed by atoms with Gasteiger partial charge in [0.2, 0.25) is 0 Å². The molecule has 2 aliphatic heterocycles. The first-order valence-corrected chi connectivity index (χ1v) is 12.8. The Morgan fingerprint density at radius 2 is 1.91 bits per heavy atom. The molecule has 3 heterocycles. The van der Waals surface area contributed by atoms with E-state index in [9.17, 15) is 9.18 Å². The minimum atomic E-state index is -0.314. The molecule has 1 aromatic heterocycles. The van der Waals surface area contributed by atoms with Crippen LogP contribution >= 0.6 is 27.5 Å². The molecule has 0 aliphatic carbocycles. The van der Waals surface area contributed by atoms with E-state index in [1.54, 1.807) is 12.1 Å². The summed E-state index contributed by atoms with van der Waals surface area (Å²) in [6.45, 7) is 2.30. The molecular formula is C28H23BrClFN2O2. The SMILES string of the molecule is O=C(c1cn(Cc2cccc(F)c2)c2cc(Cl)ccc12)N1CCC2(CC1)OCc1cc(Br)ccc12. The maximum atomic E-state index is 13.8. The van der Waals surface area contributed by atoms with Gasteiger partial charge in [0.05, 0.1) is 23.3 Å². The van der Waals surface area contributed by atoms with Crippen molar-refractivity contribution in [3.63, 3.8) is 0 Å². The lowest BCUT2D eigenvalue weighted by Gasteiger charge is -2.39. The van der Waals surface area contributed by atoms with Crippen molar-refractivity contribution in [3.8, 4) is 0 Å². The predicted molar refractivity (Wildman–Crippen MR) is 138 cm³/mol. The van der Waals surface area contributed by atoms with E-state index < -0.39 is 0 Å². The van der Waals surface area contributed by atoms with Crippen molar-refractivity contribution in [1.82, 2.24) is 9.47 Å². The Morgan fingerprint density at radius 3 is 2.71 bits per heavy atom. The van der Waals surface area contributed by atoms with Crippen LogP contribution in [-0.2, 0) is 23.5 Å². The summed E-state index contributed by atoms with van der Waals surface area (Å²) in [5.41, 5.74) is 4.47. The fourth-order valence-electron chi connectivity index (χ4n) is 5.47. The number of piperidine rings is 1. The van der Waals surface area contributed by atoms with Gasteiger partial charge in [0, 0.05) is 40.7 Å². The number of benzene rings is 3. The lowest BCUT2D eigenvalue weighted by molar-refractivity contribution is -0.0741. The van der Waals surface area contributed by atoms with E-state index in [1.165, 1.54) is 23.3 Å². The number of hydrogen-bond acceptors (Lipinski definition) is 2. The van der Waals surface area contributed by atoms with Crippen molar-refractivity contribution in [2.45, 2.75) is 31.6 Å². The van der Waals surface area contributed by atoms with Gasteiger partial charge in [0.1, 0.15) is 5.82 Å². The van der Waals surface area contributed by atoms with Crippen molar-refractivity contribution in [2.75, 3.05) is 13.1 Å². The van der Waals surface area contributed by atoms with Crippen LogP contribution in [0.4, 0.5) is 4.39 Å². The first-order chi connectivity index (χ1) is 16.9. The van der Waals surface area contributed by atoms with Crippen LogP contribution < -0.4 is 0 Å². The van der Waals surface area contributed by atoms with Crippen molar-refractivity contribution >= 4 is 44.3 Å². The van der Waals surface area contributed by atoms with Crippen LogP contribution in [0.3, 0.4) is 0 Å². The van der Waals surface area contributed by atoms with E-state index in [0.29, 0.717) is 36.8 Å². The highest BCUT2D eigenvalue weighted by Gasteiger charge is 2.43. The average Bonchev–Trinajstić information content (AvgIpc) is 3.37. The lowest BCUT2D eigenvalue weighted by atomic mass is 9.83. The van der Waals surface area contributed by atoms with E-state index in [4.69, 9.17) is 16.3 Å². The number of ether oxygens (including phenoxy) is 1. The molecule has 1 amide bonds. The van der Waals surface area contributed by atoms with Crippen molar-refractivity contribution in [1.29, 1.82) is 0 Å². The zero-order valence-corrected chi connectivity index (χ0v) is 21.3. The highest BCUT2D eigenvalue weighted by Crippen LogP contribution is 2.45. The molecule has 2 aliphatic rings. The molecule has 1 fully saturated rings. The van der Waals surface area contributed by atoms with Crippen LogP contribution in [0, 0.1) is 5.82 Å². The largest absolute Gasteiger partial charge is 0.365 e. The molecule has 0 atom stereocenters. The van der Waals surface area contributed by atoms with Crippen molar-refractivity contribution in [3.05, 3.63) is 104 Å². The topological polar surface area (TPSA) is 34.5 Å². The van der Waals surface area contributed by atoms with Crippen molar-refractivity contribution in [2.24, 2.45) is 0 Å². The van der Waals surface area contributed by atoms with Gasteiger partial charge in [0.25, 0.3) is 5.91 Å². The molecule has 1 saturated heterocycles. The summed E-state index contributed by atoms with van der Waals surface area (Å²) < 4.78 is 23.1. The van der Waals surface area contributed by atoms with Gasteiger partial charge in [-0.25, -0.2) is 4.39 Å². The molecule has 1 spiro atoms. The van der Waals surface area contributed by atoms with Gasteiger partial charge in [-0.2, -0.15) is 0 Å². The third kappa shape index (κ3) is 4.07. The first kappa shape index (κ1) is 22.8. The molecule has 0 unspecified atom stereocenters. The number of rotatable bonds is 3. The molecule has 4 nitrogen and oxygen atoms in total. The maximum Gasteiger partial charge on any atom is 0.256 e. The molecular weight excluding hydrogens is 531 g/mol. The minimum absolute atomic E-state index is 0.000749. The van der Waals surface area contributed by atoms with Crippen molar-refractivity contribution < 1.29 is 13.9 Å². The van der Waals surface area contributed by atoms with Crippen LogP contribution in [0.15, 0.2) is 71.3 Å². The summed E-state index contributed by atoms with van der Waals surface area (Å²) >= 11 is 9.84. The molecule has 7 heteroatoms. The van der Waals surface area contributed by atoms with Crippen LogP contribution in [0.25, 0.3) is 10.9 Å². The van der Waals surface area contributed by atoms with Gasteiger partial charge in [-0.15, -0.1) is 0 Å². The molecule has 0 radical (unpaired) electrons. The summed E-state index contributed by atoms with van der Waals surface area (Å²) in [6.07, 6.45) is 3.40. The zero-order chi connectivity index (χ0) is 24.2. The number of hydrogen-bond donors (Lipinski definition) is 0. The monoisotopic (exact) mass is 552 g/mol. The van der Waals surface area contributed by atoms with Gasteiger partial charge in [-0.1, -0.05) is 51.8 Å². The normalized spacial score (nSPS) is 16.7. The second-order valence-electron chi connectivity index (χ2n) is 9.34. The number of fused-ring (bicyclic) bond motifs is 3. The Labute approximate surface area is 216 Å². The quantitative estimate of drug-likeness (QED) is 0.276. The Morgan fingerprint density at radius 1 is 1.09 bits per heavy atom. The molecule has 178 valence electrons. The summed E-state index contributed by atoms with van der Waals surface area (Å²) in [4.78, 5) is 15.6. The highest BCUT2D eigenvalue weighted by atomic mass is 79.9. The highest BCUT2D eigenvalue weighted by molar-refractivity contribution is 9.10. The van der Waals surface area contributed by atoms with Crippen LogP contribution in [0.2, 0.25) is 5.02 Å². The second kappa shape index (κ2) is 8.77. The number of likely N-dealkylation sites (tertiary alicyclic amines) is 1. The Balaban J connectivity index is 1.27. The Hall–Kier alpha value is -2.67. The minimum Gasteiger partial charge on any atom is -0.365 e. The van der Waals surface area contributed by atoms with E-state index in [2.05, 4.69) is 34.1 Å². The van der Waals surface area contributed by atoms with Gasteiger partial charge in [0.15, 0.2) is 0 Å². The Kier molecular flexibility index (Phi) is 5.71. The number of amides is 1. The van der Waals surface area contributed by atoms with E-state index in [0.717, 1.165) is 33.8 Å². The number of aromatic nitrogens is 1. The number of halogens is 3. The summed E-state index contributed by atoms with van der Waals surface area (Å²) in [6, 6.07) is 18.4. The van der Waals surface area contributed by atoms with Crippen LogP contribution in [0.1, 0.15) is 39.9 Å². The Bertz CT molecular complexity index is 1460. The van der Waals surface area contributed by atoms with Gasteiger partial charge in [-0.3, -0.25) is 4.79 Å². The third-order valence-electron chi connectivity index (χ3n) is 7.24. The number of nitrogens with zero attached hydrogens (tertiary/aromatic N) is 2. The number of carbonyl (C=O) groups excluding carboxylic acids is 1. The molecule has 4 aromatic rings. The molecule has 6 rings (SSSR count). The van der Waals surface area contributed by atoms with Gasteiger partial charge in [-0.05, 0) is 65.9 Å². The van der Waals surface area contributed by atoms with E-state index >= 15 is 0 Å². The standard InChI is InChI=1S/C28H23BrClFN2O2/c29-20-4-7-25-19(13-20)17-35-28(25)8-10-32(11-9-28)27(34)24-16-33(15-18-2-1-3-22(31)12-18)26-14-21(30)5-6-23(24)26/h1-7,12-14,16H,8-11,15,17H2. The molecule has 3 aromatic carbocycles. The summed E-state index contributed by atoms with van der Waals surface area (Å²) in [7, 11) is 0. The molecule has 0 saturated carbocycles. The third-order valence-corrected chi connectivity index (χ3v) is 7.97. The second-order valence-corrected chi connectivity index (χ2v) is 10.7. The number of carbonyl (C=O) groups is 1. The fraction of sp³-hybridized carbons (Fsp3) is 0.250. The molecule has 0 N–H and O–H groups in total. The van der Waals surface area contributed by atoms with E-state index in [-0.39, 0.29) is 17.3 Å². The zero-order valence-electron chi connectivity index (χ0n) is 18.9. The van der Waals surface area contributed by atoms with Crippen LogP contribution in [0.5, 0.6) is 0 Å². The lowest BCUT2D eigenvalue weighted by Crippen LogP contribution is -2.45. The molecule has 35 heavy (non-hydrogen) atoms.